The van der Waals surface area contributed by atoms with Gasteiger partial charge >= 0.3 is 0 Å². The number of rotatable bonds is 6. The zero-order chi connectivity index (χ0) is 35.8. The molecule has 2 atom stereocenters. The molecule has 1 aliphatic carbocycles. The van der Waals surface area contributed by atoms with E-state index in [-0.39, 0.29) is 12.0 Å². The summed E-state index contributed by atoms with van der Waals surface area (Å²) in [6.45, 7) is 0. The summed E-state index contributed by atoms with van der Waals surface area (Å²) in [5.74, 6) is 0.952. The first-order valence-electron chi connectivity index (χ1n) is 18.4. The van der Waals surface area contributed by atoms with E-state index in [2.05, 4.69) is 158 Å². The summed E-state index contributed by atoms with van der Waals surface area (Å²) in [7, 11) is 0. The van der Waals surface area contributed by atoms with Crippen LogP contribution in [0, 0.1) is 5.92 Å². The molecule has 6 aromatic carbocycles. The Balaban J connectivity index is 1.01. The molecule has 0 fully saturated rings. The monoisotopic (exact) mass is 690 g/mol. The molecular formula is C50H34N4. The number of fused-ring (bicyclic) bond motifs is 4. The van der Waals surface area contributed by atoms with Crippen LogP contribution in [0.25, 0.3) is 84.3 Å². The molecular weight excluding hydrogens is 657 g/mol. The summed E-state index contributed by atoms with van der Waals surface area (Å²) in [5, 5.41) is 2.36. The molecule has 0 amide bonds. The van der Waals surface area contributed by atoms with Gasteiger partial charge in [0.2, 0.25) is 0 Å². The van der Waals surface area contributed by atoms with E-state index in [1.54, 1.807) is 0 Å². The van der Waals surface area contributed by atoms with Crippen LogP contribution in [0.3, 0.4) is 0 Å². The fourth-order valence-electron chi connectivity index (χ4n) is 7.69. The van der Waals surface area contributed by atoms with E-state index < -0.39 is 0 Å². The highest BCUT2D eigenvalue weighted by Crippen LogP contribution is 2.40. The molecule has 2 unspecified atom stereocenters. The van der Waals surface area contributed by atoms with Gasteiger partial charge in [0.25, 0.3) is 0 Å². The maximum absolute atomic E-state index is 5.23. The average molecular weight is 691 g/mol. The van der Waals surface area contributed by atoms with Crippen molar-refractivity contribution in [1.82, 2.24) is 15.0 Å². The number of aliphatic imine (C=N–C) groups is 1. The first kappa shape index (κ1) is 31.7. The standard InChI is InChI=1S/C50H34N4/c1-3-10-33(11-4-1)34-17-21-36(22-18-34)46-32-47(54-50(53-46)40-12-5-2-6-13-40)37-23-19-35(20-24-37)41-28-29-44(43-16-8-7-15-42(41)43)45-30-27-39-26-25-38-14-9-31-51-48(38)49(39)52-45/h1-32,38,48H. The Kier molecular flexibility index (Phi) is 7.92. The van der Waals surface area contributed by atoms with Crippen molar-refractivity contribution < 1.29 is 0 Å². The van der Waals surface area contributed by atoms with Crippen LogP contribution < -0.4 is 0 Å². The van der Waals surface area contributed by atoms with Crippen molar-refractivity contribution in [2.24, 2.45) is 10.9 Å². The maximum Gasteiger partial charge on any atom is 0.160 e. The van der Waals surface area contributed by atoms with Gasteiger partial charge in [-0.2, -0.15) is 0 Å². The topological polar surface area (TPSA) is 51.0 Å². The van der Waals surface area contributed by atoms with Crippen LogP contribution in [0.4, 0.5) is 0 Å². The number of aromatic nitrogens is 3. The summed E-state index contributed by atoms with van der Waals surface area (Å²) in [6.07, 6.45) is 10.5. The van der Waals surface area contributed by atoms with Gasteiger partial charge in [0.05, 0.1) is 22.8 Å². The summed E-state index contributed by atoms with van der Waals surface area (Å²) < 4.78 is 0. The Morgan fingerprint density at radius 2 is 0.981 bits per heavy atom. The van der Waals surface area contributed by atoms with Crippen molar-refractivity contribution in [3.8, 4) is 67.4 Å². The third-order valence-corrected chi connectivity index (χ3v) is 10.5. The molecule has 1 aliphatic heterocycles. The van der Waals surface area contributed by atoms with Gasteiger partial charge in [-0.15, -0.1) is 0 Å². The second-order valence-corrected chi connectivity index (χ2v) is 13.8. The molecule has 4 nitrogen and oxygen atoms in total. The fourth-order valence-corrected chi connectivity index (χ4v) is 7.69. The van der Waals surface area contributed by atoms with E-state index in [1.807, 2.05) is 36.6 Å². The summed E-state index contributed by atoms with van der Waals surface area (Å²) >= 11 is 0. The van der Waals surface area contributed by atoms with Crippen LogP contribution in [-0.4, -0.2) is 21.2 Å². The van der Waals surface area contributed by atoms with Crippen molar-refractivity contribution >= 4 is 23.1 Å². The van der Waals surface area contributed by atoms with Crippen LogP contribution in [0.2, 0.25) is 0 Å². The lowest BCUT2D eigenvalue weighted by molar-refractivity contribution is 0.595. The predicted molar refractivity (Wildman–Crippen MR) is 223 cm³/mol. The molecule has 3 heterocycles. The van der Waals surface area contributed by atoms with Crippen LogP contribution in [0.15, 0.2) is 187 Å². The molecule has 2 aliphatic rings. The minimum absolute atomic E-state index is 0.0222. The van der Waals surface area contributed by atoms with Crippen molar-refractivity contribution in [1.29, 1.82) is 0 Å². The highest BCUT2D eigenvalue weighted by molar-refractivity contribution is 6.04. The van der Waals surface area contributed by atoms with Crippen molar-refractivity contribution in [3.05, 3.63) is 193 Å². The number of nitrogens with zero attached hydrogens (tertiary/aromatic N) is 4. The van der Waals surface area contributed by atoms with Crippen LogP contribution in [-0.2, 0) is 0 Å². The van der Waals surface area contributed by atoms with E-state index in [4.69, 9.17) is 19.9 Å². The molecule has 10 rings (SSSR count). The van der Waals surface area contributed by atoms with Crippen LogP contribution in [0.1, 0.15) is 17.3 Å². The first-order valence-corrected chi connectivity index (χ1v) is 18.4. The molecule has 0 N–H and O–H groups in total. The minimum atomic E-state index is 0.0222. The van der Waals surface area contributed by atoms with Crippen LogP contribution in [0.5, 0.6) is 0 Å². The molecule has 0 bridgehead atoms. The van der Waals surface area contributed by atoms with Crippen LogP contribution >= 0.6 is 0 Å². The second kappa shape index (κ2) is 13.5. The Morgan fingerprint density at radius 3 is 1.69 bits per heavy atom. The van der Waals surface area contributed by atoms with Gasteiger partial charge in [-0.1, -0.05) is 170 Å². The lowest BCUT2D eigenvalue weighted by atomic mass is 9.86. The molecule has 0 saturated carbocycles. The van der Waals surface area contributed by atoms with Crippen molar-refractivity contribution in [2.45, 2.75) is 6.04 Å². The SMILES string of the molecule is C1=CC2C=Cc3ccc(-c4ccc(-c5ccc(-c6cc(-c7ccc(-c8ccccc8)cc7)nc(-c7ccccc7)n6)cc5)c5ccccc45)nc3C2N=C1. The molecule has 54 heavy (non-hydrogen) atoms. The van der Waals surface area contributed by atoms with E-state index in [0.717, 1.165) is 56.2 Å². The van der Waals surface area contributed by atoms with Gasteiger partial charge in [0, 0.05) is 34.4 Å². The third-order valence-electron chi connectivity index (χ3n) is 10.5. The lowest BCUT2D eigenvalue weighted by Gasteiger charge is -2.26. The van der Waals surface area contributed by atoms with E-state index >= 15 is 0 Å². The van der Waals surface area contributed by atoms with E-state index in [9.17, 15) is 0 Å². The number of hydrogen-bond donors (Lipinski definition) is 0. The molecule has 4 heteroatoms. The smallest absolute Gasteiger partial charge is 0.160 e. The summed E-state index contributed by atoms with van der Waals surface area (Å²) in [6, 6.07) is 57.5. The Hall–Kier alpha value is -7.04. The quantitative estimate of drug-likeness (QED) is 0.174. The zero-order valence-corrected chi connectivity index (χ0v) is 29.4. The highest BCUT2D eigenvalue weighted by atomic mass is 14.9. The largest absolute Gasteiger partial charge is 0.282 e. The minimum Gasteiger partial charge on any atom is -0.282 e. The van der Waals surface area contributed by atoms with Gasteiger partial charge in [0.1, 0.15) is 6.04 Å². The lowest BCUT2D eigenvalue weighted by Crippen LogP contribution is -2.16. The Labute approximate surface area is 314 Å². The van der Waals surface area contributed by atoms with Gasteiger partial charge in [-0.25, -0.2) is 15.0 Å². The number of hydrogen-bond acceptors (Lipinski definition) is 4. The predicted octanol–water partition coefficient (Wildman–Crippen LogP) is 12.4. The number of allylic oxidation sites excluding steroid dienone is 1. The highest BCUT2D eigenvalue weighted by Gasteiger charge is 2.27. The normalized spacial score (nSPS) is 15.6. The molecule has 0 saturated heterocycles. The third kappa shape index (κ3) is 5.84. The number of pyridine rings is 1. The number of dihydropyridines is 1. The van der Waals surface area contributed by atoms with E-state index in [1.165, 1.54) is 27.5 Å². The molecule has 8 aromatic rings. The fraction of sp³-hybridized carbons (Fsp3) is 0.0400. The Bertz CT molecular complexity index is 2750. The Morgan fingerprint density at radius 1 is 0.407 bits per heavy atom. The van der Waals surface area contributed by atoms with Gasteiger partial charge in [-0.3, -0.25) is 4.99 Å². The summed E-state index contributed by atoms with van der Waals surface area (Å²) in [4.78, 5) is 20.2. The first-order chi connectivity index (χ1) is 26.7. The molecule has 0 radical (unpaired) electrons. The zero-order valence-electron chi connectivity index (χ0n) is 29.4. The van der Waals surface area contributed by atoms with Crippen molar-refractivity contribution in [3.63, 3.8) is 0 Å². The summed E-state index contributed by atoms with van der Waals surface area (Å²) in [5.41, 5.74) is 13.8. The molecule has 2 aromatic heterocycles. The van der Waals surface area contributed by atoms with Gasteiger partial charge in [-0.05, 0) is 56.8 Å². The van der Waals surface area contributed by atoms with Gasteiger partial charge in [0.15, 0.2) is 5.82 Å². The van der Waals surface area contributed by atoms with E-state index in [0.29, 0.717) is 5.82 Å². The second-order valence-electron chi connectivity index (χ2n) is 13.8. The molecule has 0 spiro atoms. The average Bonchev–Trinajstić information content (AvgIpc) is 3.26. The molecule has 254 valence electrons. The number of benzene rings is 6. The van der Waals surface area contributed by atoms with Gasteiger partial charge < -0.3 is 0 Å². The maximum atomic E-state index is 5.23. The van der Waals surface area contributed by atoms with Crippen molar-refractivity contribution in [2.75, 3.05) is 0 Å².